The molecule has 0 saturated carbocycles. The van der Waals surface area contributed by atoms with Crippen LogP contribution in [0.25, 0.3) is 0 Å². The fourth-order valence-electron chi connectivity index (χ4n) is 3.49. The predicted octanol–water partition coefficient (Wildman–Crippen LogP) is 4.45. The molecule has 1 aliphatic heterocycles. The summed E-state index contributed by atoms with van der Waals surface area (Å²) < 4.78 is 5.24. The molecule has 1 aromatic carbocycles. The number of allylic oxidation sites excluding steroid dienone is 1. The molecule has 2 amide bonds. The second-order valence-corrected chi connectivity index (χ2v) is 8.00. The molecule has 2 rings (SSSR count). The number of esters is 1. The standard InChI is InChI=1S/C22H28Cl2N2O4/c1-4-6-7-10-25-19(27)13-26-14(3)21(22(29)30-5-2)16(12-20(26)28)15-8-9-17(23)18(24)11-15/h8-9,11,16H,4-7,10,12-13H2,1-3H3,(H,25,27). The van der Waals surface area contributed by atoms with Gasteiger partial charge >= 0.3 is 5.97 Å². The van der Waals surface area contributed by atoms with E-state index in [0.29, 0.717) is 33.4 Å². The van der Waals surface area contributed by atoms with Gasteiger partial charge in [-0.2, -0.15) is 0 Å². The van der Waals surface area contributed by atoms with Gasteiger partial charge in [0.25, 0.3) is 0 Å². The molecule has 1 N–H and O–H groups in total. The third-order valence-corrected chi connectivity index (χ3v) is 5.81. The normalized spacial score (nSPS) is 16.6. The number of halogens is 2. The highest BCUT2D eigenvalue weighted by Gasteiger charge is 2.37. The van der Waals surface area contributed by atoms with Gasteiger partial charge in [0.15, 0.2) is 0 Å². The van der Waals surface area contributed by atoms with Crippen LogP contribution in [0.2, 0.25) is 10.0 Å². The molecule has 0 aliphatic carbocycles. The molecular weight excluding hydrogens is 427 g/mol. The van der Waals surface area contributed by atoms with Gasteiger partial charge in [-0.15, -0.1) is 0 Å². The van der Waals surface area contributed by atoms with Crippen molar-refractivity contribution < 1.29 is 19.1 Å². The van der Waals surface area contributed by atoms with Gasteiger partial charge in [0.05, 0.1) is 22.2 Å². The van der Waals surface area contributed by atoms with Crippen molar-refractivity contribution in [3.63, 3.8) is 0 Å². The molecule has 0 bridgehead atoms. The van der Waals surface area contributed by atoms with E-state index in [9.17, 15) is 14.4 Å². The third kappa shape index (κ3) is 5.99. The minimum atomic E-state index is -0.518. The minimum Gasteiger partial charge on any atom is -0.463 e. The molecule has 0 fully saturated rings. The predicted molar refractivity (Wildman–Crippen MR) is 117 cm³/mol. The van der Waals surface area contributed by atoms with Crippen molar-refractivity contribution in [1.82, 2.24) is 10.2 Å². The number of nitrogens with zero attached hydrogens (tertiary/aromatic N) is 1. The van der Waals surface area contributed by atoms with Crippen LogP contribution in [-0.4, -0.2) is 42.4 Å². The zero-order valence-corrected chi connectivity index (χ0v) is 19.1. The van der Waals surface area contributed by atoms with Crippen LogP contribution >= 0.6 is 23.2 Å². The summed E-state index contributed by atoms with van der Waals surface area (Å²) in [4.78, 5) is 39.3. The zero-order valence-electron chi connectivity index (χ0n) is 17.6. The summed E-state index contributed by atoms with van der Waals surface area (Å²) in [6.45, 7) is 6.11. The Morgan fingerprint density at radius 3 is 2.57 bits per heavy atom. The average molecular weight is 455 g/mol. The van der Waals surface area contributed by atoms with Gasteiger partial charge < -0.3 is 15.0 Å². The lowest BCUT2D eigenvalue weighted by atomic mass is 9.83. The highest BCUT2D eigenvalue weighted by atomic mass is 35.5. The maximum atomic E-state index is 12.9. The van der Waals surface area contributed by atoms with Crippen LogP contribution in [0.3, 0.4) is 0 Å². The highest BCUT2D eigenvalue weighted by Crippen LogP contribution is 2.38. The van der Waals surface area contributed by atoms with Crippen molar-refractivity contribution >= 4 is 41.0 Å². The van der Waals surface area contributed by atoms with E-state index in [4.69, 9.17) is 27.9 Å². The van der Waals surface area contributed by atoms with E-state index in [1.807, 2.05) is 0 Å². The summed E-state index contributed by atoms with van der Waals surface area (Å²) in [7, 11) is 0. The van der Waals surface area contributed by atoms with E-state index in [2.05, 4.69) is 12.2 Å². The quantitative estimate of drug-likeness (QED) is 0.441. The number of carbonyl (C=O) groups is 3. The lowest BCUT2D eigenvalue weighted by Gasteiger charge is -2.34. The summed E-state index contributed by atoms with van der Waals surface area (Å²) in [5.74, 6) is -1.52. The Morgan fingerprint density at radius 2 is 1.93 bits per heavy atom. The Balaban J connectivity index is 2.32. The lowest BCUT2D eigenvalue weighted by molar-refractivity contribution is -0.141. The Bertz CT molecular complexity index is 838. The van der Waals surface area contributed by atoms with E-state index < -0.39 is 11.9 Å². The minimum absolute atomic E-state index is 0.0343. The van der Waals surface area contributed by atoms with Crippen molar-refractivity contribution in [3.05, 3.63) is 45.1 Å². The van der Waals surface area contributed by atoms with Gasteiger partial charge in [-0.05, 0) is 38.0 Å². The van der Waals surface area contributed by atoms with Crippen LogP contribution in [0.15, 0.2) is 29.5 Å². The van der Waals surface area contributed by atoms with E-state index in [0.717, 1.165) is 19.3 Å². The molecule has 1 heterocycles. The monoisotopic (exact) mass is 454 g/mol. The average Bonchev–Trinajstić information content (AvgIpc) is 2.70. The number of amides is 2. The number of ether oxygens (including phenoxy) is 1. The van der Waals surface area contributed by atoms with Crippen LogP contribution < -0.4 is 5.32 Å². The highest BCUT2D eigenvalue weighted by molar-refractivity contribution is 6.42. The summed E-state index contributed by atoms with van der Waals surface area (Å²) in [5.41, 5.74) is 1.47. The van der Waals surface area contributed by atoms with Crippen LogP contribution in [0, 0.1) is 0 Å². The van der Waals surface area contributed by atoms with Crippen molar-refractivity contribution in [2.45, 2.75) is 52.4 Å². The fourth-order valence-corrected chi connectivity index (χ4v) is 3.80. The molecule has 6 nitrogen and oxygen atoms in total. The first-order valence-electron chi connectivity index (χ1n) is 10.2. The maximum Gasteiger partial charge on any atom is 0.336 e. The third-order valence-electron chi connectivity index (χ3n) is 5.07. The Morgan fingerprint density at radius 1 is 1.20 bits per heavy atom. The number of nitrogens with one attached hydrogen (secondary N) is 1. The van der Waals surface area contributed by atoms with Crippen LogP contribution in [0.5, 0.6) is 0 Å². The van der Waals surface area contributed by atoms with Crippen molar-refractivity contribution in [2.24, 2.45) is 0 Å². The van der Waals surface area contributed by atoms with Gasteiger partial charge in [0, 0.05) is 24.6 Å². The second kappa shape index (κ2) is 11.4. The smallest absolute Gasteiger partial charge is 0.336 e. The fraction of sp³-hybridized carbons (Fsp3) is 0.500. The van der Waals surface area contributed by atoms with Gasteiger partial charge in [-0.3, -0.25) is 9.59 Å². The molecular formula is C22H28Cl2N2O4. The van der Waals surface area contributed by atoms with Gasteiger partial charge in [-0.1, -0.05) is 49.0 Å². The van der Waals surface area contributed by atoms with Gasteiger partial charge in [0.1, 0.15) is 6.54 Å². The topological polar surface area (TPSA) is 75.7 Å². The molecule has 8 heteroatoms. The number of benzene rings is 1. The van der Waals surface area contributed by atoms with Gasteiger partial charge in [-0.25, -0.2) is 4.79 Å². The second-order valence-electron chi connectivity index (χ2n) is 7.19. The SMILES string of the molecule is CCCCCNC(=O)CN1C(=O)CC(c2ccc(Cl)c(Cl)c2)C(C(=O)OCC)=C1C. The first-order valence-corrected chi connectivity index (χ1v) is 11.0. The Hall–Kier alpha value is -2.05. The van der Waals surface area contributed by atoms with E-state index in [1.54, 1.807) is 32.0 Å². The van der Waals surface area contributed by atoms with Crippen LogP contribution in [-0.2, 0) is 19.1 Å². The Kier molecular flexibility index (Phi) is 9.18. The molecule has 1 aromatic rings. The molecule has 1 atom stereocenters. The summed E-state index contributed by atoms with van der Waals surface area (Å²) in [6, 6.07) is 5.04. The molecule has 0 spiro atoms. The summed E-state index contributed by atoms with van der Waals surface area (Å²) >= 11 is 12.2. The number of rotatable bonds is 9. The Labute approximate surface area is 187 Å². The van der Waals surface area contributed by atoms with Crippen LogP contribution in [0.4, 0.5) is 0 Å². The maximum absolute atomic E-state index is 12.9. The van der Waals surface area contributed by atoms with Gasteiger partial charge in [0.2, 0.25) is 11.8 Å². The van der Waals surface area contributed by atoms with Crippen LogP contribution in [0.1, 0.15) is 57.9 Å². The van der Waals surface area contributed by atoms with E-state index in [-0.39, 0.29) is 31.4 Å². The van der Waals surface area contributed by atoms with Crippen molar-refractivity contribution in [2.75, 3.05) is 19.7 Å². The number of hydrogen-bond acceptors (Lipinski definition) is 4. The lowest BCUT2D eigenvalue weighted by Crippen LogP contribution is -2.44. The first-order chi connectivity index (χ1) is 14.3. The van der Waals surface area contributed by atoms with E-state index in [1.165, 1.54) is 4.90 Å². The molecule has 30 heavy (non-hydrogen) atoms. The number of carbonyl (C=O) groups excluding carboxylic acids is 3. The molecule has 164 valence electrons. The summed E-state index contributed by atoms with van der Waals surface area (Å²) in [6.07, 6.45) is 3.01. The van der Waals surface area contributed by atoms with E-state index >= 15 is 0 Å². The number of hydrogen-bond donors (Lipinski definition) is 1. The molecule has 1 unspecified atom stereocenters. The molecule has 0 radical (unpaired) electrons. The first kappa shape index (κ1) is 24.2. The number of unbranched alkanes of at least 4 members (excludes halogenated alkanes) is 2. The zero-order chi connectivity index (χ0) is 22.3. The van der Waals surface area contributed by atoms with Crippen molar-refractivity contribution in [3.8, 4) is 0 Å². The molecule has 0 saturated heterocycles. The van der Waals surface area contributed by atoms with Crippen molar-refractivity contribution in [1.29, 1.82) is 0 Å². The molecule has 0 aromatic heterocycles. The summed E-state index contributed by atoms with van der Waals surface area (Å²) in [5, 5.41) is 3.56. The largest absolute Gasteiger partial charge is 0.463 e. The molecule has 1 aliphatic rings.